The summed E-state index contributed by atoms with van der Waals surface area (Å²) in [7, 11) is 0. The molecule has 16 heavy (non-hydrogen) atoms. The molecule has 0 aromatic carbocycles. The average molecular weight is 251 g/mol. The molecule has 1 fully saturated rings. The predicted octanol–water partition coefficient (Wildman–Crippen LogP) is 0.949. The van der Waals surface area contributed by atoms with Gasteiger partial charge in [0, 0.05) is 19.6 Å². The van der Waals surface area contributed by atoms with Crippen molar-refractivity contribution < 1.29 is 9.53 Å². The molecule has 1 aliphatic rings. The molecule has 0 spiro atoms. The van der Waals surface area contributed by atoms with Crippen LogP contribution in [0, 0.1) is 5.41 Å². The summed E-state index contributed by atoms with van der Waals surface area (Å²) in [5, 5.41) is 6.13. The fraction of sp³-hybridized carbons (Fsp3) is 0.909. The number of rotatable bonds is 3. The summed E-state index contributed by atoms with van der Waals surface area (Å²) < 4.78 is 5.46. The molecular weight excluding hydrogens is 228 g/mol. The molecule has 1 atom stereocenters. The van der Waals surface area contributed by atoms with Gasteiger partial charge in [0.1, 0.15) is 0 Å². The van der Waals surface area contributed by atoms with E-state index in [0.717, 1.165) is 13.1 Å². The second kappa shape index (κ2) is 7.09. The largest absolute Gasteiger partial charge is 0.375 e. The first kappa shape index (κ1) is 15.7. The topological polar surface area (TPSA) is 50.4 Å². The van der Waals surface area contributed by atoms with Crippen molar-refractivity contribution in [2.75, 3.05) is 26.2 Å². The minimum absolute atomic E-state index is 0. The maximum absolute atomic E-state index is 11.5. The molecule has 1 rings (SSSR count). The lowest BCUT2D eigenvalue weighted by Crippen LogP contribution is -2.42. The van der Waals surface area contributed by atoms with Gasteiger partial charge in [-0.3, -0.25) is 4.79 Å². The van der Waals surface area contributed by atoms with Crippen molar-refractivity contribution in [3.8, 4) is 0 Å². The van der Waals surface area contributed by atoms with Crippen LogP contribution in [0.4, 0.5) is 0 Å². The van der Waals surface area contributed by atoms with Crippen LogP contribution < -0.4 is 10.6 Å². The summed E-state index contributed by atoms with van der Waals surface area (Å²) in [5.74, 6) is 0.0821. The summed E-state index contributed by atoms with van der Waals surface area (Å²) in [4.78, 5) is 11.5. The van der Waals surface area contributed by atoms with Crippen molar-refractivity contribution >= 4 is 18.3 Å². The van der Waals surface area contributed by atoms with E-state index < -0.39 is 0 Å². The van der Waals surface area contributed by atoms with E-state index in [1.807, 2.05) is 0 Å². The highest BCUT2D eigenvalue weighted by Crippen LogP contribution is 2.10. The molecule has 0 radical (unpaired) electrons. The van der Waals surface area contributed by atoms with Crippen LogP contribution in [-0.2, 0) is 9.53 Å². The Balaban J connectivity index is 0.00000225. The van der Waals surface area contributed by atoms with Gasteiger partial charge in [-0.25, -0.2) is 0 Å². The number of hydrogen-bond acceptors (Lipinski definition) is 3. The highest BCUT2D eigenvalue weighted by atomic mass is 35.5. The molecule has 1 heterocycles. The summed E-state index contributed by atoms with van der Waals surface area (Å²) in [6.07, 6.45) is 0.502. The Kier molecular flexibility index (Phi) is 6.95. The number of morpholine rings is 1. The second-order valence-electron chi connectivity index (χ2n) is 5.24. The molecule has 1 unspecified atom stereocenters. The second-order valence-corrected chi connectivity index (χ2v) is 5.24. The van der Waals surface area contributed by atoms with E-state index in [9.17, 15) is 4.79 Å². The van der Waals surface area contributed by atoms with E-state index in [-0.39, 0.29) is 29.8 Å². The SMILES string of the molecule is CC(C)(C)CNC(=O)CC1CNCCO1.Cl. The summed E-state index contributed by atoms with van der Waals surface area (Å²) in [6, 6.07) is 0. The summed E-state index contributed by atoms with van der Waals surface area (Å²) in [6.45, 7) is 9.40. The van der Waals surface area contributed by atoms with Gasteiger partial charge < -0.3 is 15.4 Å². The van der Waals surface area contributed by atoms with Gasteiger partial charge in [-0.2, -0.15) is 0 Å². The van der Waals surface area contributed by atoms with E-state index in [4.69, 9.17) is 4.74 Å². The van der Waals surface area contributed by atoms with Gasteiger partial charge in [-0.1, -0.05) is 20.8 Å². The first-order valence-corrected chi connectivity index (χ1v) is 5.56. The molecule has 96 valence electrons. The van der Waals surface area contributed by atoms with Crippen LogP contribution in [0.2, 0.25) is 0 Å². The van der Waals surface area contributed by atoms with Crippen LogP contribution in [-0.4, -0.2) is 38.3 Å². The molecule has 1 saturated heterocycles. The maximum Gasteiger partial charge on any atom is 0.222 e. The first-order valence-electron chi connectivity index (χ1n) is 5.56. The molecule has 1 amide bonds. The fourth-order valence-corrected chi connectivity index (χ4v) is 1.39. The Morgan fingerprint density at radius 3 is 2.69 bits per heavy atom. The number of carbonyl (C=O) groups is 1. The van der Waals surface area contributed by atoms with Gasteiger partial charge in [0.25, 0.3) is 0 Å². The van der Waals surface area contributed by atoms with Gasteiger partial charge in [-0.15, -0.1) is 12.4 Å². The van der Waals surface area contributed by atoms with E-state index in [1.54, 1.807) is 0 Å². The van der Waals surface area contributed by atoms with Crippen molar-refractivity contribution in [1.82, 2.24) is 10.6 Å². The molecule has 0 aromatic heterocycles. The normalized spacial score (nSPS) is 21.1. The van der Waals surface area contributed by atoms with Gasteiger partial charge in [-0.05, 0) is 5.41 Å². The number of amides is 1. The van der Waals surface area contributed by atoms with Crippen LogP contribution in [0.3, 0.4) is 0 Å². The monoisotopic (exact) mass is 250 g/mol. The van der Waals surface area contributed by atoms with Crippen LogP contribution in [0.15, 0.2) is 0 Å². The highest BCUT2D eigenvalue weighted by Gasteiger charge is 2.18. The zero-order valence-electron chi connectivity index (χ0n) is 10.3. The molecule has 0 saturated carbocycles. The Bertz CT molecular complexity index is 211. The van der Waals surface area contributed by atoms with Gasteiger partial charge >= 0.3 is 0 Å². The molecule has 4 nitrogen and oxygen atoms in total. The zero-order valence-corrected chi connectivity index (χ0v) is 11.2. The third-order valence-electron chi connectivity index (χ3n) is 2.23. The van der Waals surface area contributed by atoms with E-state index in [2.05, 4.69) is 31.4 Å². The van der Waals surface area contributed by atoms with Crippen molar-refractivity contribution in [2.24, 2.45) is 5.41 Å². The fourth-order valence-electron chi connectivity index (χ4n) is 1.39. The van der Waals surface area contributed by atoms with Crippen molar-refractivity contribution in [3.05, 3.63) is 0 Å². The lowest BCUT2D eigenvalue weighted by molar-refractivity contribution is -0.124. The third kappa shape index (κ3) is 7.04. The lowest BCUT2D eigenvalue weighted by atomic mass is 9.97. The van der Waals surface area contributed by atoms with Crippen LogP contribution in [0.1, 0.15) is 27.2 Å². The Hall–Kier alpha value is -0.320. The van der Waals surface area contributed by atoms with Crippen LogP contribution in [0.5, 0.6) is 0 Å². The Morgan fingerprint density at radius 1 is 1.50 bits per heavy atom. The van der Waals surface area contributed by atoms with E-state index in [1.165, 1.54) is 0 Å². The predicted molar refractivity (Wildman–Crippen MR) is 66.9 cm³/mol. The minimum Gasteiger partial charge on any atom is -0.375 e. The summed E-state index contributed by atoms with van der Waals surface area (Å²) in [5.41, 5.74) is 0.140. The molecule has 0 aliphatic carbocycles. The number of ether oxygens (including phenoxy) is 1. The smallest absolute Gasteiger partial charge is 0.222 e. The minimum atomic E-state index is 0. The van der Waals surface area contributed by atoms with Crippen LogP contribution >= 0.6 is 12.4 Å². The molecule has 5 heteroatoms. The zero-order chi connectivity index (χ0) is 11.3. The van der Waals surface area contributed by atoms with Crippen molar-refractivity contribution in [3.63, 3.8) is 0 Å². The van der Waals surface area contributed by atoms with Crippen molar-refractivity contribution in [1.29, 1.82) is 0 Å². The quantitative estimate of drug-likeness (QED) is 0.784. The number of carbonyl (C=O) groups excluding carboxylic acids is 1. The Labute approximate surface area is 104 Å². The molecule has 2 N–H and O–H groups in total. The van der Waals surface area contributed by atoms with Crippen LogP contribution in [0.25, 0.3) is 0 Å². The molecular formula is C11H23ClN2O2. The van der Waals surface area contributed by atoms with Crippen molar-refractivity contribution in [2.45, 2.75) is 33.3 Å². The maximum atomic E-state index is 11.5. The standard InChI is InChI=1S/C11H22N2O2.ClH/c1-11(2,3)8-13-10(14)6-9-7-12-4-5-15-9;/h9,12H,4-8H2,1-3H3,(H,13,14);1H. The molecule has 0 aromatic rings. The number of halogens is 1. The highest BCUT2D eigenvalue weighted by molar-refractivity contribution is 5.85. The number of nitrogens with one attached hydrogen (secondary N) is 2. The van der Waals surface area contributed by atoms with Gasteiger partial charge in [0.05, 0.1) is 19.1 Å². The molecule has 0 bridgehead atoms. The lowest BCUT2D eigenvalue weighted by Gasteiger charge is -2.24. The average Bonchev–Trinajstić information content (AvgIpc) is 2.15. The van der Waals surface area contributed by atoms with E-state index >= 15 is 0 Å². The third-order valence-corrected chi connectivity index (χ3v) is 2.23. The van der Waals surface area contributed by atoms with E-state index in [0.29, 0.717) is 19.6 Å². The summed E-state index contributed by atoms with van der Waals surface area (Å²) >= 11 is 0. The van der Waals surface area contributed by atoms with Gasteiger partial charge in [0.2, 0.25) is 5.91 Å². The first-order chi connectivity index (χ1) is 6.97. The van der Waals surface area contributed by atoms with Gasteiger partial charge in [0.15, 0.2) is 0 Å². The Morgan fingerprint density at radius 2 is 2.19 bits per heavy atom. The molecule has 1 aliphatic heterocycles. The number of hydrogen-bond donors (Lipinski definition) is 2.